The maximum absolute atomic E-state index is 12.8. The first-order chi connectivity index (χ1) is 16.4. The van der Waals surface area contributed by atoms with Crippen molar-refractivity contribution in [2.45, 2.75) is 116 Å². The minimum Gasteiger partial charge on any atom is -0.444 e. The van der Waals surface area contributed by atoms with Crippen LogP contribution in [-0.4, -0.2) is 68.5 Å². The molecule has 1 aromatic carbocycles. The largest absolute Gasteiger partial charge is 0.444 e. The summed E-state index contributed by atoms with van der Waals surface area (Å²) in [6.45, 7) is 20.3. The molecule has 1 heterocycles. The molecule has 2 rings (SSSR count). The Morgan fingerprint density at radius 2 is 1.78 bits per heavy atom. The summed E-state index contributed by atoms with van der Waals surface area (Å²) in [5.74, 6) is -0.814. The third-order valence-electron chi connectivity index (χ3n) is 6.49. The van der Waals surface area contributed by atoms with E-state index in [0.717, 1.165) is 5.56 Å². The van der Waals surface area contributed by atoms with Crippen molar-refractivity contribution in [1.82, 2.24) is 5.32 Å². The highest BCUT2D eigenvalue weighted by molar-refractivity contribution is 6.74. The first kappa shape index (κ1) is 30.7. The summed E-state index contributed by atoms with van der Waals surface area (Å²) < 4.78 is 30.0. The van der Waals surface area contributed by atoms with Crippen molar-refractivity contribution in [3.8, 4) is 0 Å². The number of benzene rings is 1. The second kappa shape index (κ2) is 11.9. The van der Waals surface area contributed by atoms with Gasteiger partial charge >= 0.3 is 6.09 Å². The average Bonchev–Trinajstić information content (AvgIpc) is 3.09. The van der Waals surface area contributed by atoms with Crippen LogP contribution < -0.4 is 5.32 Å². The first-order valence-corrected chi connectivity index (χ1v) is 15.6. The van der Waals surface area contributed by atoms with Gasteiger partial charge in [0.15, 0.2) is 14.1 Å². The molecule has 1 aliphatic heterocycles. The van der Waals surface area contributed by atoms with E-state index >= 15 is 0 Å². The molecule has 1 amide bonds. The van der Waals surface area contributed by atoms with Gasteiger partial charge in [-0.05, 0) is 58.3 Å². The van der Waals surface area contributed by atoms with Crippen LogP contribution in [0.3, 0.4) is 0 Å². The summed E-state index contributed by atoms with van der Waals surface area (Å²) in [7, 11) is -2.39. The lowest BCUT2D eigenvalue weighted by molar-refractivity contribution is -0.162. The van der Waals surface area contributed by atoms with Crippen LogP contribution in [0.1, 0.15) is 61.0 Å². The molecule has 8 nitrogen and oxygen atoms in total. The highest BCUT2D eigenvalue weighted by atomic mass is 28.4. The SMILES string of the molecule is CC(C)(C)OC(=O)N[C@H](COCc1ccccc1)[C@H](O[Si](C)(C)C(C)(C)C)[C@@H](O)[C@@H]1COC(C)(C)O1. The minimum absolute atomic E-state index is 0.113. The number of carbonyl (C=O) groups is 1. The zero-order valence-electron chi connectivity index (χ0n) is 23.7. The van der Waals surface area contributed by atoms with Gasteiger partial charge in [-0.1, -0.05) is 51.1 Å². The van der Waals surface area contributed by atoms with E-state index in [4.69, 9.17) is 23.4 Å². The standard InChI is InChI=1S/C27H47NO7Si/c1-25(2,3)34-24(30)28-20(17-31-16-19-14-12-11-13-15-19)23(35-36(9,10)26(4,5)6)22(29)21-18-32-27(7,8)33-21/h11-15,20-23,29H,16-18H2,1-10H3,(H,28,30)/t20-,21+,22+,23+/m1/s1. The van der Waals surface area contributed by atoms with E-state index in [2.05, 4.69) is 39.2 Å². The molecule has 9 heteroatoms. The van der Waals surface area contributed by atoms with Gasteiger partial charge in [0.25, 0.3) is 0 Å². The number of aliphatic hydroxyl groups excluding tert-OH is 1. The van der Waals surface area contributed by atoms with Gasteiger partial charge in [0.05, 0.1) is 32.0 Å². The molecule has 206 valence electrons. The summed E-state index contributed by atoms with van der Waals surface area (Å²) in [6, 6.07) is 9.09. The van der Waals surface area contributed by atoms with Crippen molar-refractivity contribution in [2.24, 2.45) is 0 Å². The average molecular weight is 526 g/mol. The van der Waals surface area contributed by atoms with Crippen LogP contribution in [0.2, 0.25) is 18.1 Å². The van der Waals surface area contributed by atoms with Crippen LogP contribution in [0.4, 0.5) is 4.79 Å². The van der Waals surface area contributed by atoms with E-state index in [1.807, 2.05) is 44.2 Å². The van der Waals surface area contributed by atoms with Gasteiger partial charge in [0, 0.05) is 0 Å². The minimum atomic E-state index is -2.39. The summed E-state index contributed by atoms with van der Waals surface area (Å²) in [5.41, 5.74) is 0.325. The maximum atomic E-state index is 12.8. The fourth-order valence-corrected chi connectivity index (χ4v) is 4.90. The fourth-order valence-electron chi connectivity index (χ4n) is 3.56. The van der Waals surface area contributed by atoms with Crippen molar-refractivity contribution in [3.63, 3.8) is 0 Å². The van der Waals surface area contributed by atoms with Gasteiger partial charge in [0.1, 0.15) is 17.8 Å². The Morgan fingerprint density at radius 3 is 2.28 bits per heavy atom. The molecule has 2 N–H and O–H groups in total. The van der Waals surface area contributed by atoms with Crippen molar-refractivity contribution in [3.05, 3.63) is 35.9 Å². The van der Waals surface area contributed by atoms with E-state index in [1.165, 1.54) is 0 Å². The topological polar surface area (TPSA) is 95.5 Å². The van der Waals surface area contributed by atoms with E-state index in [-0.39, 0.29) is 18.3 Å². The third-order valence-corrected chi connectivity index (χ3v) is 11.0. The monoisotopic (exact) mass is 525 g/mol. The Morgan fingerprint density at radius 1 is 1.17 bits per heavy atom. The van der Waals surface area contributed by atoms with Crippen LogP contribution in [0, 0.1) is 0 Å². The molecule has 0 unspecified atom stereocenters. The van der Waals surface area contributed by atoms with Crippen molar-refractivity contribution >= 4 is 14.4 Å². The van der Waals surface area contributed by atoms with Gasteiger partial charge in [0.2, 0.25) is 0 Å². The summed E-state index contributed by atoms with van der Waals surface area (Å²) >= 11 is 0. The lowest BCUT2D eigenvalue weighted by Gasteiger charge is -2.43. The molecule has 0 saturated carbocycles. The van der Waals surface area contributed by atoms with Crippen LogP contribution in [0.15, 0.2) is 30.3 Å². The fraction of sp³-hybridized carbons (Fsp3) is 0.741. The van der Waals surface area contributed by atoms with Crippen LogP contribution >= 0.6 is 0 Å². The van der Waals surface area contributed by atoms with Gasteiger partial charge < -0.3 is 33.8 Å². The number of rotatable bonds is 10. The second-order valence-corrected chi connectivity index (χ2v) is 17.2. The molecule has 0 bridgehead atoms. The first-order valence-electron chi connectivity index (χ1n) is 12.7. The molecule has 0 radical (unpaired) electrons. The zero-order valence-corrected chi connectivity index (χ0v) is 24.7. The molecule has 0 aliphatic carbocycles. The smallest absolute Gasteiger partial charge is 0.408 e. The number of ether oxygens (including phenoxy) is 4. The van der Waals surface area contributed by atoms with E-state index in [0.29, 0.717) is 6.61 Å². The molecule has 1 fully saturated rings. The number of aliphatic hydroxyl groups is 1. The lowest BCUT2D eigenvalue weighted by Crippen LogP contribution is -2.60. The molecule has 1 aliphatic rings. The Bertz CT molecular complexity index is 833. The van der Waals surface area contributed by atoms with Crippen LogP contribution in [-0.2, 0) is 30.0 Å². The molecule has 0 aromatic heterocycles. The van der Waals surface area contributed by atoms with Crippen LogP contribution in [0.25, 0.3) is 0 Å². The molecule has 0 spiro atoms. The highest BCUT2D eigenvalue weighted by Crippen LogP contribution is 2.39. The zero-order chi connectivity index (χ0) is 27.4. The van der Waals surface area contributed by atoms with Crippen LogP contribution in [0.5, 0.6) is 0 Å². The summed E-state index contributed by atoms with van der Waals surface area (Å²) in [6.07, 6.45) is -3.10. The normalized spacial score (nSPS) is 21.0. The lowest BCUT2D eigenvalue weighted by atomic mass is 10.0. The molecular weight excluding hydrogens is 478 g/mol. The Labute approximate surface area is 218 Å². The Balaban J connectivity index is 2.34. The van der Waals surface area contributed by atoms with Crippen molar-refractivity contribution in [2.75, 3.05) is 13.2 Å². The number of nitrogens with one attached hydrogen (secondary N) is 1. The van der Waals surface area contributed by atoms with Crippen molar-refractivity contribution < 1.29 is 33.3 Å². The molecule has 1 saturated heterocycles. The molecule has 1 aromatic rings. The highest BCUT2D eigenvalue weighted by Gasteiger charge is 2.48. The Hall–Kier alpha value is -1.49. The van der Waals surface area contributed by atoms with E-state index in [9.17, 15) is 9.90 Å². The number of carbonyl (C=O) groups excluding carboxylic acids is 1. The maximum Gasteiger partial charge on any atom is 0.408 e. The molecular formula is C27H47NO7Si. The molecule has 36 heavy (non-hydrogen) atoms. The second-order valence-electron chi connectivity index (χ2n) is 12.5. The number of alkyl carbamates (subject to hydrolysis) is 1. The number of amides is 1. The molecule has 4 atom stereocenters. The van der Waals surface area contributed by atoms with Gasteiger partial charge in [-0.2, -0.15) is 0 Å². The van der Waals surface area contributed by atoms with E-state index in [1.54, 1.807) is 20.8 Å². The predicted octanol–water partition coefficient (Wildman–Crippen LogP) is 5.00. The third kappa shape index (κ3) is 9.43. The quantitative estimate of drug-likeness (QED) is 0.415. The van der Waals surface area contributed by atoms with E-state index < -0.39 is 50.2 Å². The number of hydrogen-bond acceptors (Lipinski definition) is 7. The van der Waals surface area contributed by atoms with Gasteiger partial charge in [-0.25, -0.2) is 4.79 Å². The van der Waals surface area contributed by atoms with Gasteiger partial charge in [-0.3, -0.25) is 0 Å². The number of hydrogen-bond donors (Lipinski definition) is 2. The van der Waals surface area contributed by atoms with Gasteiger partial charge in [-0.15, -0.1) is 0 Å². The summed E-state index contributed by atoms with van der Waals surface area (Å²) in [5, 5.41) is 14.3. The summed E-state index contributed by atoms with van der Waals surface area (Å²) in [4.78, 5) is 12.8. The van der Waals surface area contributed by atoms with Crippen molar-refractivity contribution in [1.29, 1.82) is 0 Å². The Kier molecular flexibility index (Phi) is 10.2. The predicted molar refractivity (Wildman–Crippen MR) is 142 cm³/mol.